The molecule has 2 rings (SSSR count). The van der Waals surface area contributed by atoms with Gasteiger partial charge in [-0.2, -0.15) is 23.5 Å². The minimum atomic E-state index is 0.747. The van der Waals surface area contributed by atoms with E-state index >= 15 is 0 Å². The fourth-order valence-electron chi connectivity index (χ4n) is 2.29. The molecule has 2 aliphatic rings. The molecule has 2 fully saturated rings. The molecule has 88 valence electrons. The summed E-state index contributed by atoms with van der Waals surface area (Å²) in [5.74, 6) is 4.05. The molecule has 2 aliphatic heterocycles. The van der Waals surface area contributed by atoms with Crippen LogP contribution in [0.4, 0.5) is 0 Å². The van der Waals surface area contributed by atoms with E-state index in [4.69, 9.17) is 0 Å². The first-order valence-electron chi connectivity index (χ1n) is 5.96. The molecule has 0 aromatic carbocycles. The van der Waals surface area contributed by atoms with Crippen molar-refractivity contribution in [1.82, 2.24) is 10.2 Å². The average Bonchev–Trinajstić information content (AvgIpc) is 2.28. The van der Waals surface area contributed by atoms with Crippen molar-refractivity contribution in [3.8, 4) is 0 Å². The topological polar surface area (TPSA) is 15.3 Å². The van der Waals surface area contributed by atoms with Crippen molar-refractivity contribution in [1.29, 1.82) is 0 Å². The van der Waals surface area contributed by atoms with Crippen molar-refractivity contribution < 1.29 is 0 Å². The molecule has 0 spiro atoms. The Morgan fingerprint density at radius 2 is 2.33 bits per heavy atom. The number of nitrogens with one attached hydrogen (secondary N) is 1. The van der Waals surface area contributed by atoms with Gasteiger partial charge in [-0.3, -0.25) is 0 Å². The zero-order valence-electron chi connectivity index (χ0n) is 9.58. The minimum Gasteiger partial charge on any atom is -0.312 e. The van der Waals surface area contributed by atoms with Gasteiger partial charge in [0.15, 0.2) is 0 Å². The monoisotopic (exact) mass is 246 g/mol. The molecule has 2 heterocycles. The van der Waals surface area contributed by atoms with Crippen LogP contribution in [0.1, 0.15) is 12.8 Å². The number of piperidine rings is 1. The van der Waals surface area contributed by atoms with Gasteiger partial charge in [0, 0.05) is 41.6 Å². The summed E-state index contributed by atoms with van der Waals surface area (Å²) in [6.07, 6.45) is 2.73. The van der Waals surface area contributed by atoms with Crippen LogP contribution in [0.25, 0.3) is 0 Å². The van der Waals surface area contributed by atoms with E-state index in [0.29, 0.717) is 0 Å². The lowest BCUT2D eigenvalue weighted by atomic mass is 10.1. The maximum atomic E-state index is 3.75. The first-order chi connectivity index (χ1) is 7.34. The van der Waals surface area contributed by atoms with Crippen LogP contribution in [0, 0.1) is 0 Å². The number of likely N-dealkylation sites (N-methyl/N-ethyl adjacent to an activating group) is 1. The summed E-state index contributed by atoms with van der Waals surface area (Å²) in [4.78, 5) is 2.45. The summed E-state index contributed by atoms with van der Waals surface area (Å²) in [7, 11) is 2.24. The predicted octanol–water partition coefficient (Wildman–Crippen LogP) is 1.52. The van der Waals surface area contributed by atoms with Crippen molar-refractivity contribution in [2.45, 2.75) is 24.1 Å². The lowest BCUT2D eigenvalue weighted by Crippen LogP contribution is -2.46. The number of nitrogens with zero attached hydrogens (tertiary/aromatic N) is 1. The van der Waals surface area contributed by atoms with Crippen LogP contribution in [-0.4, -0.2) is 60.1 Å². The molecule has 0 radical (unpaired) electrons. The van der Waals surface area contributed by atoms with Gasteiger partial charge in [-0.1, -0.05) is 0 Å². The third kappa shape index (κ3) is 4.17. The zero-order valence-corrected chi connectivity index (χ0v) is 11.2. The van der Waals surface area contributed by atoms with Crippen molar-refractivity contribution in [2.24, 2.45) is 0 Å². The van der Waals surface area contributed by atoms with Crippen LogP contribution < -0.4 is 5.32 Å². The van der Waals surface area contributed by atoms with Gasteiger partial charge < -0.3 is 10.2 Å². The van der Waals surface area contributed by atoms with Crippen molar-refractivity contribution in [3.05, 3.63) is 0 Å². The van der Waals surface area contributed by atoms with Crippen LogP contribution in [0.5, 0.6) is 0 Å². The highest BCUT2D eigenvalue weighted by atomic mass is 32.2. The Labute approximate surface area is 102 Å². The van der Waals surface area contributed by atoms with Crippen LogP contribution in [0.15, 0.2) is 0 Å². The highest BCUT2D eigenvalue weighted by Crippen LogP contribution is 2.23. The van der Waals surface area contributed by atoms with Crippen LogP contribution in [-0.2, 0) is 0 Å². The standard InChI is InChI=1S/C11H22N2S2/c1-13-4-2-3-10(8-13)12-7-11-9-14-5-6-15-11/h10-12H,2-9H2,1H3. The van der Waals surface area contributed by atoms with Gasteiger partial charge in [-0.05, 0) is 26.4 Å². The number of rotatable bonds is 3. The SMILES string of the molecule is CN1CCCC(NCC2CSCCS2)C1. The Morgan fingerprint density at radius 3 is 3.07 bits per heavy atom. The third-order valence-corrected chi connectivity index (χ3v) is 5.99. The van der Waals surface area contributed by atoms with E-state index in [1.165, 1.54) is 49.7 Å². The lowest BCUT2D eigenvalue weighted by Gasteiger charge is -2.32. The largest absolute Gasteiger partial charge is 0.312 e. The molecular weight excluding hydrogens is 224 g/mol. The lowest BCUT2D eigenvalue weighted by molar-refractivity contribution is 0.228. The Balaban J connectivity index is 1.63. The molecule has 2 unspecified atom stereocenters. The molecule has 0 aromatic heterocycles. The molecular formula is C11H22N2S2. The van der Waals surface area contributed by atoms with E-state index in [-0.39, 0.29) is 0 Å². The zero-order chi connectivity index (χ0) is 10.5. The summed E-state index contributed by atoms with van der Waals surface area (Å²) in [5, 5.41) is 4.60. The molecule has 0 amide bonds. The van der Waals surface area contributed by atoms with E-state index in [1.807, 2.05) is 0 Å². The minimum absolute atomic E-state index is 0.747. The van der Waals surface area contributed by atoms with Crippen LogP contribution in [0.3, 0.4) is 0 Å². The third-order valence-electron chi connectivity index (χ3n) is 3.14. The molecule has 0 aliphatic carbocycles. The van der Waals surface area contributed by atoms with E-state index in [0.717, 1.165) is 11.3 Å². The fraction of sp³-hybridized carbons (Fsp3) is 1.00. The summed E-state index contributed by atoms with van der Waals surface area (Å²) >= 11 is 4.27. The van der Waals surface area contributed by atoms with Crippen LogP contribution in [0.2, 0.25) is 0 Å². The van der Waals surface area contributed by atoms with Gasteiger partial charge in [0.25, 0.3) is 0 Å². The summed E-state index contributed by atoms with van der Waals surface area (Å²) < 4.78 is 0. The molecule has 2 atom stereocenters. The molecule has 0 saturated carbocycles. The number of hydrogen-bond donors (Lipinski definition) is 1. The maximum absolute atomic E-state index is 3.75. The molecule has 0 bridgehead atoms. The van der Waals surface area contributed by atoms with Gasteiger partial charge >= 0.3 is 0 Å². The fourth-order valence-corrected chi connectivity index (χ4v) is 4.91. The van der Waals surface area contributed by atoms with Gasteiger partial charge in [-0.15, -0.1) is 0 Å². The van der Waals surface area contributed by atoms with E-state index in [1.54, 1.807) is 0 Å². The highest BCUT2D eigenvalue weighted by molar-refractivity contribution is 8.06. The first-order valence-corrected chi connectivity index (χ1v) is 8.16. The van der Waals surface area contributed by atoms with Crippen molar-refractivity contribution in [2.75, 3.05) is 43.9 Å². The summed E-state index contributed by atoms with van der Waals surface area (Å²) in [6.45, 7) is 3.74. The molecule has 2 nitrogen and oxygen atoms in total. The maximum Gasteiger partial charge on any atom is 0.0263 e. The van der Waals surface area contributed by atoms with Crippen LogP contribution >= 0.6 is 23.5 Å². The predicted molar refractivity (Wildman–Crippen MR) is 72.1 cm³/mol. The molecule has 4 heteroatoms. The Morgan fingerprint density at radius 1 is 1.40 bits per heavy atom. The smallest absolute Gasteiger partial charge is 0.0263 e. The second-order valence-electron chi connectivity index (χ2n) is 4.58. The van der Waals surface area contributed by atoms with Gasteiger partial charge in [0.2, 0.25) is 0 Å². The summed E-state index contributed by atoms with van der Waals surface area (Å²) in [6, 6.07) is 0.747. The molecule has 15 heavy (non-hydrogen) atoms. The second-order valence-corrected chi connectivity index (χ2v) is 7.14. The van der Waals surface area contributed by atoms with E-state index < -0.39 is 0 Å². The number of thioether (sulfide) groups is 2. The average molecular weight is 246 g/mol. The quantitative estimate of drug-likeness (QED) is 0.812. The van der Waals surface area contributed by atoms with Gasteiger partial charge in [0.05, 0.1) is 0 Å². The second kappa shape index (κ2) is 6.38. The summed E-state index contributed by atoms with van der Waals surface area (Å²) in [5.41, 5.74) is 0. The van der Waals surface area contributed by atoms with Crippen molar-refractivity contribution in [3.63, 3.8) is 0 Å². The molecule has 1 N–H and O–H groups in total. The van der Waals surface area contributed by atoms with Gasteiger partial charge in [-0.25, -0.2) is 0 Å². The molecule has 0 aromatic rings. The van der Waals surface area contributed by atoms with Gasteiger partial charge in [0.1, 0.15) is 0 Å². The Kier molecular flexibility index (Phi) is 5.14. The molecule has 2 saturated heterocycles. The van der Waals surface area contributed by atoms with E-state index in [9.17, 15) is 0 Å². The Bertz CT molecular complexity index is 183. The Hall–Kier alpha value is 0.620. The first kappa shape index (κ1) is 12.1. The highest BCUT2D eigenvalue weighted by Gasteiger charge is 2.19. The van der Waals surface area contributed by atoms with E-state index in [2.05, 4.69) is 40.8 Å². The number of hydrogen-bond acceptors (Lipinski definition) is 4. The van der Waals surface area contributed by atoms with Crippen molar-refractivity contribution >= 4 is 23.5 Å². The normalized spacial score (nSPS) is 34.2. The number of likely N-dealkylation sites (tertiary alicyclic amines) is 1.